The molecule has 0 saturated carbocycles. The molecule has 1 unspecified atom stereocenters. The van der Waals surface area contributed by atoms with Crippen LogP contribution in [-0.2, 0) is 6.18 Å². The molecule has 0 saturated heterocycles. The number of nitrogen functional groups attached to an aromatic ring is 1. The van der Waals surface area contributed by atoms with Gasteiger partial charge in [0.25, 0.3) is 0 Å². The van der Waals surface area contributed by atoms with E-state index < -0.39 is 29.2 Å². The molecule has 9 nitrogen and oxygen atoms in total. The number of alkyl halides is 3. The lowest BCUT2D eigenvalue weighted by atomic mass is 9.92. The smallest absolute Gasteiger partial charge is 0.416 e. The molecule has 1 aliphatic rings. The molecule has 0 fully saturated rings. The molecule has 0 radical (unpaired) electrons. The molecular formula is C28H23F3N6O3. The van der Waals surface area contributed by atoms with Crippen molar-refractivity contribution in [2.24, 2.45) is 0 Å². The number of rotatable bonds is 4. The average molecular weight is 549 g/mol. The zero-order valence-electron chi connectivity index (χ0n) is 21.2. The molecule has 4 N–H and O–H groups in total. The quantitative estimate of drug-likeness (QED) is 0.289. The summed E-state index contributed by atoms with van der Waals surface area (Å²) in [5, 5.41) is 19.4. The predicted molar refractivity (Wildman–Crippen MR) is 144 cm³/mol. The largest absolute Gasteiger partial charge is 0.508 e. The monoisotopic (exact) mass is 548 g/mol. The Hall–Kier alpha value is -4.71. The van der Waals surface area contributed by atoms with E-state index in [9.17, 15) is 23.1 Å². The maximum absolute atomic E-state index is 13.6. The summed E-state index contributed by atoms with van der Waals surface area (Å²) in [6.45, 7) is 3.15. The van der Waals surface area contributed by atoms with E-state index in [-0.39, 0.29) is 28.1 Å². The van der Waals surface area contributed by atoms with Crippen molar-refractivity contribution >= 4 is 33.2 Å². The van der Waals surface area contributed by atoms with Gasteiger partial charge in [0.15, 0.2) is 5.65 Å². The summed E-state index contributed by atoms with van der Waals surface area (Å²) in [6.07, 6.45) is -0.739. The van der Waals surface area contributed by atoms with Crippen LogP contribution in [0.25, 0.3) is 38.6 Å². The SMILES string of the molecule is CC(c1oc(=O)c2ccccc2c1C1=CCNCC1)n1nc(-c2cc(O)cc(C(F)(F)F)c2)c2c(N)ncnc21. The summed E-state index contributed by atoms with van der Waals surface area (Å²) in [5.74, 6) is -0.259. The zero-order valence-corrected chi connectivity index (χ0v) is 21.2. The number of anilines is 1. The van der Waals surface area contributed by atoms with Crippen molar-refractivity contribution < 1.29 is 22.7 Å². The molecule has 0 amide bonds. The predicted octanol–water partition coefficient (Wildman–Crippen LogP) is 4.89. The maximum atomic E-state index is 13.6. The number of aromatic nitrogens is 4. The molecule has 204 valence electrons. The van der Waals surface area contributed by atoms with Gasteiger partial charge in [-0.2, -0.15) is 18.3 Å². The van der Waals surface area contributed by atoms with Crippen molar-refractivity contribution in [3.8, 4) is 17.0 Å². The number of hydrogen-bond donors (Lipinski definition) is 3. The Morgan fingerprint density at radius 1 is 1.15 bits per heavy atom. The number of aromatic hydroxyl groups is 1. The fourth-order valence-corrected chi connectivity index (χ4v) is 5.18. The second kappa shape index (κ2) is 9.49. The van der Waals surface area contributed by atoms with Crippen LogP contribution in [0.1, 0.15) is 36.3 Å². The lowest BCUT2D eigenvalue weighted by Gasteiger charge is -2.21. The highest BCUT2D eigenvalue weighted by Crippen LogP contribution is 2.40. The van der Waals surface area contributed by atoms with E-state index in [0.717, 1.165) is 29.1 Å². The third-order valence-corrected chi connectivity index (χ3v) is 7.03. The van der Waals surface area contributed by atoms with Crippen LogP contribution in [0.15, 0.2) is 64.1 Å². The Balaban J connectivity index is 1.61. The Labute approximate surface area is 224 Å². The summed E-state index contributed by atoms with van der Waals surface area (Å²) >= 11 is 0. The van der Waals surface area contributed by atoms with Crippen LogP contribution >= 0.6 is 0 Å². The summed E-state index contributed by atoms with van der Waals surface area (Å²) in [5.41, 5.74) is 6.61. The number of hydrogen-bond acceptors (Lipinski definition) is 8. The molecule has 5 aromatic rings. The van der Waals surface area contributed by atoms with Crippen LogP contribution in [0.3, 0.4) is 0 Å². The van der Waals surface area contributed by atoms with Crippen molar-refractivity contribution in [2.45, 2.75) is 25.6 Å². The number of benzene rings is 2. The van der Waals surface area contributed by atoms with Crippen molar-refractivity contribution in [1.82, 2.24) is 25.1 Å². The van der Waals surface area contributed by atoms with Gasteiger partial charge in [0.05, 0.1) is 16.3 Å². The van der Waals surface area contributed by atoms with E-state index in [0.29, 0.717) is 30.2 Å². The van der Waals surface area contributed by atoms with E-state index in [1.165, 1.54) is 17.1 Å². The average Bonchev–Trinajstić information content (AvgIpc) is 3.33. The Morgan fingerprint density at radius 3 is 2.65 bits per heavy atom. The highest BCUT2D eigenvalue weighted by atomic mass is 19.4. The van der Waals surface area contributed by atoms with Gasteiger partial charge in [0, 0.05) is 17.7 Å². The van der Waals surface area contributed by atoms with Gasteiger partial charge >= 0.3 is 11.8 Å². The van der Waals surface area contributed by atoms with Gasteiger partial charge in [0.2, 0.25) is 0 Å². The Bertz CT molecular complexity index is 1880. The molecule has 0 spiro atoms. The van der Waals surface area contributed by atoms with Crippen LogP contribution < -0.4 is 16.7 Å². The first-order valence-electron chi connectivity index (χ1n) is 12.5. The standard InChI is InChI=1S/C28H23F3N6O3/c1-14(24-21(15-6-8-33-9-7-15)19-4-2-3-5-20(19)27(39)40-24)37-26-22(25(32)34-13-35-26)23(36-37)16-10-17(28(29,30)31)12-18(38)11-16/h2-6,10-14,33,38H,7-9H2,1H3,(H2,32,34,35). The van der Waals surface area contributed by atoms with Crippen LogP contribution in [0.4, 0.5) is 19.0 Å². The molecule has 12 heteroatoms. The number of fused-ring (bicyclic) bond motifs is 2. The van der Waals surface area contributed by atoms with Crippen molar-refractivity contribution in [3.05, 3.63) is 82.2 Å². The number of halogens is 3. The highest BCUT2D eigenvalue weighted by molar-refractivity contribution is 5.99. The highest BCUT2D eigenvalue weighted by Gasteiger charge is 2.33. The second-order valence-corrected chi connectivity index (χ2v) is 9.55. The van der Waals surface area contributed by atoms with Crippen molar-refractivity contribution in [3.63, 3.8) is 0 Å². The molecule has 6 rings (SSSR count). The number of phenols is 1. The van der Waals surface area contributed by atoms with E-state index >= 15 is 0 Å². The minimum Gasteiger partial charge on any atom is -0.508 e. The van der Waals surface area contributed by atoms with E-state index in [1.807, 2.05) is 18.2 Å². The third-order valence-electron chi connectivity index (χ3n) is 7.03. The van der Waals surface area contributed by atoms with Crippen LogP contribution in [0.2, 0.25) is 0 Å². The first-order valence-corrected chi connectivity index (χ1v) is 12.5. The Kier molecular flexibility index (Phi) is 6.06. The van der Waals surface area contributed by atoms with Crippen molar-refractivity contribution in [1.29, 1.82) is 0 Å². The summed E-state index contributed by atoms with van der Waals surface area (Å²) in [6, 6.07) is 9.12. The lowest BCUT2D eigenvalue weighted by Crippen LogP contribution is -2.22. The van der Waals surface area contributed by atoms with Gasteiger partial charge in [-0.05, 0) is 55.1 Å². The van der Waals surface area contributed by atoms with Gasteiger partial charge in [-0.3, -0.25) is 0 Å². The molecular weight excluding hydrogens is 525 g/mol. The van der Waals surface area contributed by atoms with E-state index in [1.54, 1.807) is 19.1 Å². The fraction of sp³-hybridized carbons (Fsp3) is 0.214. The molecule has 3 aromatic heterocycles. The summed E-state index contributed by atoms with van der Waals surface area (Å²) in [4.78, 5) is 21.4. The number of phenolic OH excluding ortho intramolecular Hbond substituents is 1. The molecule has 40 heavy (non-hydrogen) atoms. The van der Waals surface area contributed by atoms with Gasteiger partial charge in [-0.1, -0.05) is 24.3 Å². The molecule has 0 bridgehead atoms. The molecule has 0 aliphatic carbocycles. The van der Waals surface area contributed by atoms with E-state index in [4.69, 9.17) is 10.2 Å². The number of nitrogens with two attached hydrogens (primary N) is 1. The lowest BCUT2D eigenvalue weighted by molar-refractivity contribution is -0.137. The first-order chi connectivity index (χ1) is 19.1. The van der Waals surface area contributed by atoms with Crippen LogP contribution in [0.5, 0.6) is 5.75 Å². The van der Waals surface area contributed by atoms with Gasteiger partial charge in [-0.25, -0.2) is 19.4 Å². The third kappa shape index (κ3) is 4.26. The normalized spacial score (nSPS) is 14.9. The number of nitrogens with zero attached hydrogens (tertiary/aromatic N) is 4. The summed E-state index contributed by atoms with van der Waals surface area (Å²) < 4.78 is 48.1. The Morgan fingerprint density at radius 2 is 1.93 bits per heavy atom. The molecule has 1 atom stereocenters. The van der Waals surface area contributed by atoms with Gasteiger partial charge in [0.1, 0.15) is 35.4 Å². The minimum absolute atomic E-state index is 0.00315. The topological polar surface area (TPSA) is 132 Å². The minimum atomic E-state index is -4.70. The number of nitrogens with one attached hydrogen (secondary N) is 1. The molecule has 1 aliphatic heterocycles. The first kappa shape index (κ1) is 25.6. The van der Waals surface area contributed by atoms with Crippen molar-refractivity contribution in [2.75, 3.05) is 18.8 Å². The summed E-state index contributed by atoms with van der Waals surface area (Å²) in [7, 11) is 0. The molecule has 2 aromatic carbocycles. The van der Waals surface area contributed by atoms with E-state index in [2.05, 4.69) is 20.4 Å². The molecule has 4 heterocycles. The maximum Gasteiger partial charge on any atom is 0.416 e. The second-order valence-electron chi connectivity index (χ2n) is 9.55. The zero-order chi connectivity index (χ0) is 28.2. The van der Waals surface area contributed by atoms with Gasteiger partial charge in [-0.15, -0.1) is 0 Å². The van der Waals surface area contributed by atoms with Crippen LogP contribution in [0, 0.1) is 0 Å². The van der Waals surface area contributed by atoms with Gasteiger partial charge < -0.3 is 20.6 Å². The fourth-order valence-electron chi connectivity index (χ4n) is 5.18. The van der Waals surface area contributed by atoms with Crippen LogP contribution in [-0.4, -0.2) is 37.9 Å².